The van der Waals surface area contributed by atoms with Crippen LogP contribution >= 0.6 is 0 Å². The monoisotopic (exact) mass is 275 g/mol. The normalized spacial score (nSPS) is 29.1. The van der Waals surface area contributed by atoms with E-state index in [1.807, 2.05) is 0 Å². The minimum Gasteiger partial charge on any atom is -0.315 e. The quantitative estimate of drug-likeness (QED) is 0.797. The molecule has 18 heavy (non-hydrogen) atoms. The molecule has 1 atom stereocenters. The van der Waals surface area contributed by atoms with Crippen LogP contribution in [0.2, 0.25) is 0 Å². The molecule has 1 unspecified atom stereocenters. The second kappa shape index (κ2) is 6.32. The Morgan fingerprint density at radius 1 is 1.17 bits per heavy atom. The van der Waals surface area contributed by atoms with Crippen molar-refractivity contribution in [3.8, 4) is 0 Å². The van der Waals surface area contributed by atoms with Crippen molar-refractivity contribution in [3.63, 3.8) is 0 Å². The summed E-state index contributed by atoms with van der Waals surface area (Å²) in [6.45, 7) is 5.27. The van der Waals surface area contributed by atoms with Crippen molar-refractivity contribution >= 4 is 10.2 Å². The Kier molecular flexibility index (Phi) is 5.00. The van der Waals surface area contributed by atoms with Gasteiger partial charge in [0.1, 0.15) is 0 Å². The Balaban J connectivity index is 1.89. The van der Waals surface area contributed by atoms with Gasteiger partial charge in [0.25, 0.3) is 10.2 Å². The Morgan fingerprint density at radius 2 is 1.89 bits per heavy atom. The van der Waals surface area contributed by atoms with E-state index in [1.54, 1.807) is 4.31 Å². The molecule has 2 aliphatic heterocycles. The summed E-state index contributed by atoms with van der Waals surface area (Å²) in [5, 5.41) is 3.28. The first-order valence-corrected chi connectivity index (χ1v) is 8.50. The van der Waals surface area contributed by atoms with Crippen molar-refractivity contribution in [3.05, 3.63) is 0 Å². The smallest absolute Gasteiger partial charge is 0.279 e. The lowest BCUT2D eigenvalue weighted by Gasteiger charge is -2.31. The van der Waals surface area contributed by atoms with E-state index in [2.05, 4.69) is 17.0 Å². The molecule has 2 N–H and O–H groups in total. The third kappa shape index (κ3) is 3.91. The van der Waals surface area contributed by atoms with Gasteiger partial charge in [-0.1, -0.05) is 13.3 Å². The van der Waals surface area contributed by atoms with Crippen molar-refractivity contribution < 1.29 is 8.42 Å². The van der Waals surface area contributed by atoms with Crippen LogP contribution in [0.25, 0.3) is 0 Å². The zero-order valence-electron chi connectivity index (χ0n) is 11.2. The fourth-order valence-electron chi connectivity index (χ4n) is 2.63. The van der Waals surface area contributed by atoms with Crippen LogP contribution in [-0.4, -0.2) is 44.9 Å². The maximum Gasteiger partial charge on any atom is 0.279 e. The molecule has 0 radical (unpaired) electrons. The van der Waals surface area contributed by atoms with E-state index in [0.717, 1.165) is 45.2 Å². The zero-order valence-corrected chi connectivity index (χ0v) is 12.0. The molecule has 0 spiro atoms. The largest absolute Gasteiger partial charge is 0.315 e. The fraction of sp³-hybridized carbons (Fsp3) is 1.00. The van der Waals surface area contributed by atoms with Gasteiger partial charge in [-0.3, -0.25) is 0 Å². The van der Waals surface area contributed by atoms with Crippen LogP contribution in [0.1, 0.15) is 39.0 Å². The highest BCUT2D eigenvalue weighted by atomic mass is 32.2. The topological polar surface area (TPSA) is 61.4 Å². The predicted octanol–water partition coefficient (Wildman–Crippen LogP) is 0.695. The van der Waals surface area contributed by atoms with Crippen molar-refractivity contribution in [1.82, 2.24) is 14.3 Å². The molecule has 0 bridgehead atoms. The molecule has 5 nitrogen and oxygen atoms in total. The third-order valence-corrected chi connectivity index (χ3v) is 5.62. The molecule has 106 valence electrons. The van der Waals surface area contributed by atoms with E-state index < -0.39 is 10.2 Å². The van der Waals surface area contributed by atoms with E-state index in [1.165, 1.54) is 0 Å². The Labute approximate surface area is 110 Å². The van der Waals surface area contributed by atoms with E-state index in [0.29, 0.717) is 19.0 Å². The number of rotatable bonds is 3. The summed E-state index contributed by atoms with van der Waals surface area (Å²) in [5.74, 6) is 0.649. The molecule has 0 saturated carbocycles. The molecule has 2 aliphatic rings. The maximum absolute atomic E-state index is 12.3. The van der Waals surface area contributed by atoms with Gasteiger partial charge in [0.2, 0.25) is 0 Å². The summed E-state index contributed by atoms with van der Waals surface area (Å²) in [6, 6.07) is 0.0526. The molecule has 0 aromatic heterocycles. The van der Waals surface area contributed by atoms with Gasteiger partial charge >= 0.3 is 0 Å². The molecular formula is C12H25N3O2S. The highest BCUT2D eigenvalue weighted by Gasteiger charge is 2.28. The minimum atomic E-state index is -3.28. The van der Waals surface area contributed by atoms with Crippen molar-refractivity contribution in [1.29, 1.82) is 0 Å². The molecule has 0 amide bonds. The summed E-state index contributed by atoms with van der Waals surface area (Å²) >= 11 is 0. The molecule has 0 aliphatic carbocycles. The van der Waals surface area contributed by atoms with Gasteiger partial charge in [-0.05, 0) is 38.1 Å². The minimum absolute atomic E-state index is 0.0526. The van der Waals surface area contributed by atoms with E-state index in [-0.39, 0.29) is 6.04 Å². The first kappa shape index (κ1) is 14.2. The van der Waals surface area contributed by atoms with Gasteiger partial charge in [0.05, 0.1) is 0 Å². The van der Waals surface area contributed by atoms with Crippen LogP contribution in [0.4, 0.5) is 0 Å². The Hall–Kier alpha value is -0.170. The third-order valence-electron chi connectivity index (χ3n) is 3.94. The zero-order chi connectivity index (χ0) is 13.0. The maximum atomic E-state index is 12.3. The summed E-state index contributed by atoms with van der Waals surface area (Å²) in [7, 11) is -3.28. The van der Waals surface area contributed by atoms with Gasteiger partial charge in [-0.25, -0.2) is 0 Å². The molecule has 0 aromatic carbocycles. The predicted molar refractivity (Wildman–Crippen MR) is 72.5 cm³/mol. The first-order chi connectivity index (χ1) is 8.58. The van der Waals surface area contributed by atoms with Crippen LogP contribution in [0.15, 0.2) is 0 Å². The first-order valence-electron chi connectivity index (χ1n) is 7.06. The number of hydrogen-bond acceptors (Lipinski definition) is 3. The molecule has 2 heterocycles. The summed E-state index contributed by atoms with van der Waals surface area (Å²) < 4.78 is 29.0. The van der Waals surface area contributed by atoms with Crippen molar-refractivity contribution in [2.75, 3.05) is 26.2 Å². The SMILES string of the molecule is CC1CCN(S(=O)(=O)NC2CCCCNC2)CC1. The second-order valence-electron chi connectivity index (χ2n) is 5.60. The van der Waals surface area contributed by atoms with Gasteiger partial charge in [0, 0.05) is 25.7 Å². The van der Waals surface area contributed by atoms with E-state index in [4.69, 9.17) is 0 Å². The summed E-state index contributed by atoms with van der Waals surface area (Å²) in [6.07, 6.45) is 5.13. The van der Waals surface area contributed by atoms with Gasteiger partial charge in [-0.15, -0.1) is 0 Å². The molecule has 6 heteroatoms. The molecule has 0 aromatic rings. The van der Waals surface area contributed by atoms with Gasteiger partial charge in [-0.2, -0.15) is 17.4 Å². The summed E-state index contributed by atoms with van der Waals surface area (Å²) in [5.41, 5.74) is 0. The molecule has 2 rings (SSSR count). The van der Waals surface area contributed by atoms with Crippen molar-refractivity contribution in [2.24, 2.45) is 5.92 Å². The van der Waals surface area contributed by atoms with Gasteiger partial charge in [0.15, 0.2) is 0 Å². The molecular weight excluding hydrogens is 250 g/mol. The standard InChI is InChI=1S/C12H25N3O2S/c1-11-5-8-15(9-6-11)18(16,17)14-12-4-2-3-7-13-10-12/h11-14H,2-10H2,1H3. The lowest BCUT2D eigenvalue weighted by molar-refractivity contribution is 0.283. The van der Waals surface area contributed by atoms with Crippen molar-refractivity contribution in [2.45, 2.75) is 45.1 Å². The lowest BCUT2D eigenvalue weighted by atomic mass is 10.0. The lowest BCUT2D eigenvalue weighted by Crippen LogP contribution is -2.50. The number of nitrogens with one attached hydrogen (secondary N) is 2. The van der Waals surface area contributed by atoms with Gasteiger partial charge < -0.3 is 5.32 Å². The second-order valence-corrected chi connectivity index (χ2v) is 7.30. The van der Waals surface area contributed by atoms with Crippen LogP contribution in [0, 0.1) is 5.92 Å². The van der Waals surface area contributed by atoms with Crippen LogP contribution in [0.5, 0.6) is 0 Å². The highest BCUT2D eigenvalue weighted by molar-refractivity contribution is 7.87. The number of nitrogens with zero attached hydrogens (tertiary/aromatic N) is 1. The number of piperidine rings is 1. The Morgan fingerprint density at radius 3 is 2.61 bits per heavy atom. The molecule has 2 fully saturated rings. The molecule has 2 saturated heterocycles. The average molecular weight is 275 g/mol. The fourth-order valence-corrected chi connectivity index (χ4v) is 4.09. The summed E-state index contributed by atoms with van der Waals surface area (Å²) in [4.78, 5) is 0. The number of hydrogen-bond donors (Lipinski definition) is 2. The van der Waals surface area contributed by atoms with E-state index >= 15 is 0 Å². The average Bonchev–Trinajstić information content (AvgIpc) is 2.57. The van der Waals surface area contributed by atoms with Crippen LogP contribution in [0.3, 0.4) is 0 Å². The highest BCUT2D eigenvalue weighted by Crippen LogP contribution is 2.18. The van der Waals surface area contributed by atoms with Crippen LogP contribution in [-0.2, 0) is 10.2 Å². The van der Waals surface area contributed by atoms with E-state index in [9.17, 15) is 8.42 Å². The van der Waals surface area contributed by atoms with Crippen LogP contribution < -0.4 is 10.0 Å². The Bertz CT molecular complexity index is 342.